The van der Waals surface area contributed by atoms with Crippen molar-refractivity contribution < 1.29 is 22.7 Å². The second-order valence-electron chi connectivity index (χ2n) is 8.47. The Balaban J connectivity index is 1.69. The number of carbonyl (C=O) groups excluding carboxylic acids is 1. The number of benzene rings is 1. The third-order valence-electron chi connectivity index (χ3n) is 6.14. The van der Waals surface area contributed by atoms with E-state index in [2.05, 4.69) is 4.99 Å². The van der Waals surface area contributed by atoms with Crippen molar-refractivity contribution in [3.63, 3.8) is 0 Å². The van der Waals surface area contributed by atoms with E-state index in [1.54, 1.807) is 23.9 Å². The summed E-state index contributed by atoms with van der Waals surface area (Å²) in [5.41, 5.74) is 2.45. The van der Waals surface area contributed by atoms with Gasteiger partial charge in [0.15, 0.2) is 6.61 Å². The van der Waals surface area contributed by atoms with Gasteiger partial charge in [0.25, 0.3) is 0 Å². The molecule has 0 saturated carbocycles. The second-order valence-corrected chi connectivity index (χ2v) is 8.47. The molecule has 2 unspecified atom stereocenters. The maximum absolute atomic E-state index is 13.3. The molecule has 9 heteroatoms. The molecule has 0 bridgehead atoms. The van der Waals surface area contributed by atoms with Crippen molar-refractivity contribution in [2.45, 2.75) is 38.9 Å². The smallest absolute Gasteiger partial charge is 0.422 e. The molecule has 0 spiro atoms. The van der Waals surface area contributed by atoms with Crippen LogP contribution < -0.4 is 0 Å². The Kier molecular flexibility index (Phi) is 7.29. The number of halogens is 3. The average Bonchev–Trinajstić information content (AvgIpc) is 2.79. The van der Waals surface area contributed by atoms with E-state index in [1.807, 2.05) is 57.2 Å². The summed E-state index contributed by atoms with van der Waals surface area (Å²) in [5.74, 6) is -0.489. The maximum atomic E-state index is 13.3. The van der Waals surface area contributed by atoms with Gasteiger partial charge in [-0.25, -0.2) is 4.99 Å². The third-order valence-corrected chi connectivity index (χ3v) is 6.14. The van der Waals surface area contributed by atoms with Crippen LogP contribution in [0, 0.1) is 5.92 Å². The lowest BCUT2D eigenvalue weighted by Crippen LogP contribution is -2.45. The number of nitrogens with zero attached hydrogens (tertiary/aromatic N) is 4. The summed E-state index contributed by atoms with van der Waals surface area (Å²) in [7, 11) is 3.45. The van der Waals surface area contributed by atoms with Gasteiger partial charge in [0.05, 0.1) is 30.0 Å². The number of aliphatic imine (C=N–C) groups is 1. The van der Waals surface area contributed by atoms with E-state index < -0.39 is 12.8 Å². The number of rotatable bonds is 6. The highest BCUT2D eigenvalue weighted by Gasteiger charge is 2.32. The summed E-state index contributed by atoms with van der Waals surface area (Å²) in [6.07, 6.45) is -2.96. The minimum Gasteiger partial charge on any atom is -0.470 e. The van der Waals surface area contributed by atoms with Gasteiger partial charge in [-0.05, 0) is 19.1 Å². The maximum Gasteiger partial charge on any atom is 0.422 e. The first-order valence-corrected chi connectivity index (χ1v) is 10.8. The molecular formula is C24H29F3N4O2. The molecule has 1 amide bonds. The summed E-state index contributed by atoms with van der Waals surface area (Å²) in [6.45, 7) is 4.45. The van der Waals surface area contributed by atoms with Crippen LogP contribution in [0.2, 0.25) is 0 Å². The van der Waals surface area contributed by atoms with Gasteiger partial charge in [-0.1, -0.05) is 38.1 Å². The number of fused-ring (bicyclic) bond motifs is 1. The fourth-order valence-corrected chi connectivity index (χ4v) is 3.76. The largest absolute Gasteiger partial charge is 0.470 e. The van der Waals surface area contributed by atoms with E-state index in [-0.39, 0.29) is 36.2 Å². The first kappa shape index (κ1) is 24.5. The number of para-hydroxylation sites is 1. The van der Waals surface area contributed by atoms with Gasteiger partial charge < -0.3 is 14.5 Å². The minimum absolute atomic E-state index is 0.0101. The molecule has 0 aliphatic carbocycles. The van der Waals surface area contributed by atoms with Crippen molar-refractivity contribution in [2.75, 3.05) is 27.2 Å². The van der Waals surface area contributed by atoms with E-state index in [1.165, 1.54) is 6.20 Å². The highest BCUT2D eigenvalue weighted by Crippen LogP contribution is 2.28. The number of ether oxygens (including phenoxy) is 1. The number of pyridine rings is 1. The second kappa shape index (κ2) is 9.80. The van der Waals surface area contributed by atoms with Crippen LogP contribution in [0.5, 0.6) is 0 Å². The molecule has 0 N–H and O–H groups in total. The number of hydrogen-bond donors (Lipinski definition) is 0. The molecule has 178 valence electrons. The predicted octanol–water partition coefficient (Wildman–Crippen LogP) is 4.59. The quantitative estimate of drug-likeness (QED) is 0.630. The molecule has 0 saturated heterocycles. The Morgan fingerprint density at radius 2 is 1.88 bits per heavy atom. The summed E-state index contributed by atoms with van der Waals surface area (Å²) in [5, 5.41) is 1.05. The lowest BCUT2D eigenvalue weighted by Gasteiger charge is -2.36. The zero-order valence-corrected chi connectivity index (χ0v) is 19.4. The van der Waals surface area contributed by atoms with Crippen molar-refractivity contribution in [2.24, 2.45) is 10.9 Å². The fourth-order valence-electron chi connectivity index (χ4n) is 3.76. The van der Waals surface area contributed by atoms with Gasteiger partial charge in [0, 0.05) is 37.0 Å². The molecule has 0 fully saturated rings. The Bertz CT molecular complexity index is 1070. The molecule has 3 rings (SSSR count). The fraction of sp³-hybridized carbons (Fsp3) is 0.458. The summed E-state index contributed by atoms with van der Waals surface area (Å²) in [4.78, 5) is 25.4. The number of carbonyl (C=O) groups is 1. The summed E-state index contributed by atoms with van der Waals surface area (Å²) >= 11 is 0. The zero-order valence-electron chi connectivity index (χ0n) is 19.4. The van der Waals surface area contributed by atoms with E-state index in [9.17, 15) is 18.0 Å². The zero-order chi connectivity index (χ0) is 24.3. The SMILES string of the molecule is CC(c1ccc2ccccc2n1)[C@@H](C)C(=O)N(C)C(C)C1=CN=C(OCC(F)(F)F)CN1C. The molecule has 0 radical (unpaired) electrons. The van der Waals surface area contributed by atoms with Crippen molar-refractivity contribution in [3.8, 4) is 0 Å². The van der Waals surface area contributed by atoms with E-state index in [0.29, 0.717) is 5.70 Å². The van der Waals surface area contributed by atoms with E-state index in [4.69, 9.17) is 9.72 Å². The predicted molar refractivity (Wildman–Crippen MR) is 122 cm³/mol. The van der Waals surface area contributed by atoms with Crippen LogP contribution >= 0.6 is 0 Å². The summed E-state index contributed by atoms with van der Waals surface area (Å²) in [6, 6.07) is 11.5. The Labute approximate surface area is 191 Å². The molecule has 33 heavy (non-hydrogen) atoms. The number of likely N-dealkylation sites (N-methyl/N-ethyl adjacent to an activating group) is 2. The van der Waals surface area contributed by atoms with Gasteiger partial charge in [0.2, 0.25) is 11.8 Å². The van der Waals surface area contributed by atoms with Crippen LogP contribution in [0.3, 0.4) is 0 Å². The normalized spacial score (nSPS) is 17.2. The highest BCUT2D eigenvalue weighted by atomic mass is 19.4. The molecule has 1 aromatic carbocycles. The molecule has 1 aromatic heterocycles. The molecule has 1 aliphatic rings. The lowest BCUT2D eigenvalue weighted by molar-refractivity contribution is -0.156. The molecule has 2 aromatic rings. The molecule has 1 aliphatic heterocycles. The lowest BCUT2D eigenvalue weighted by atomic mass is 9.90. The molecular weight excluding hydrogens is 433 g/mol. The number of aromatic nitrogens is 1. The number of amides is 1. The van der Waals surface area contributed by atoms with Crippen LogP contribution in [0.1, 0.15) is 32.4 Å². The van der Waals surface area contributed by atoms with Gasteiger partial charge in [-0.3, -0.25) is 9.78 Å². The van der Waals surface area contributed by atoms with Crippen LogP contribution in [0.25, 0.3) is 10.9 Å². The average molecular weight is 463 g/mol. The van der Waals surface area contributed by atoms with Crippen molar-refractivity contribution in [1.29, 1.82) is 0 Å². The van der Waals surface area contributed by atoms with Crippen LogP contribution in [-0.4, -0.2) is 66.1 Å². The number of hydrogen-bond acceptors (Lipinski definition) is 5. The van der Waals surface area contributed by atoms with Crippen molar-refractivity contribution >= 4 is 22.7 Å². The van der Waals surface area contributed by atoms with E-state index >= 15 is 0 Å². The van der Waals surface area contributed by atoms with Crippen LogP contribution in [-0.2, 0) is 9.53 Å². The van der Waals surface area contributed by atoms with Crippen LogP contribution in [0.15, 0.2) is 53.3 Å². The molecule has 6 nitrogen and oxygen atoms in total. The molecule has 2 heterocycles. The van der Waals surface area contributed by atoms with E-state index in [0.717, 1.165) is 16.6 Å². The summed E-state index contributed by atoms with van der Waals surface area (Å²) < 4.78 is 41.9. The van der Waals surface area contributed by atoms with Gasteiger partial charge in [0.1, 0.15) is 0 Å². The highest BCUT2D eigenvalue weighted by molar-refractivity contribution is 5.82. The van der Waals surface area contributed by atoms with Crippen molar-refractivity contribution in [3.05, 3.63) is 54.0 Å². The Hall–Kier alpha value is -3.10. The standard InChI is InChI=1S/C24H29F3N4O2/c1-15(19-11-10-18-8-6-7-9-20(18)29-19)16(2)23(32)31(5)17(3)21-12-28-22(13-30(21)4)33-14-24(25,26)27/h6-12,15-17H,13-14H2,1-5H3/t15?,16-,17?/m1/s1. The number of alkyl halides is 3. The minimum atomic E-state index is -4.42. The van der Waals surface area contributed by atoms with Gasteiger partial charge in [-0.2, -0.15) is 13.2 Å². The molecule has 3 atom stereocenters. The first-order valence-electron chi connectivity index (χ1n) is 10.8. The Morgan fingerprint density at radius 1 is 1.18 bits per heavy atom. The van der Waals surface area contributed by atoms with Gasteiger partial charge in [-0.15, -0.1) is 0 Å². The first-order chi connectivity index (χ1) is 15.5. The topological polar surface area (TPSA) is 58.0 Å². The van der Waals surface area contributed by atoms with Crippen LogP contribution in [0.4, 0.5) is 13.2 Å². The monoisotopic (exact) mass is 462 g/mol. The van der Waals surface area contributed by atoms with Gasteiger partial charge >= 0.3 is 6.18 Å². The third kappa shape index (κ3) is 5.83. The Morgan fingerprint density at radius 3 is 2.55 bits per heavy atom. The van der Waals surface area contributed by atoms with Crippen molar-refractivity contribution in [1.82, 2.24) is 14.8 Å².